The summed E-state index contributed by atoms with van der Waals surface area (Å²) >= 11 is 0. The van der Waals surface area contributed by atoms with Crippen LogP contribution in [0.15, 0.2) is 42.5 Å². The lowest BCUT2D eigenvalue weighted by atomic mass is 10.1. The van der Waals surface area contributed by atoms with Crippen molar-refractivity contribution in [1.82, 2.24) is 4.90 Å². The summed E-state index contributed by atoms with van der Waals surface area (Å²) < 4.78 is 9.78. The SMILES string of the molecule is CCOC(=O)/C=C/CN(C(=O)c1ccccc1)C(C)C(=O)OCC. The van der Waals surface area contributed by atoms with Crippen molar-refractivity contribution >= 4 is 17.8 Å². The highest BCUT2D eigenvalue weighted by molar-refractivity contribution is 5.96. The molecule has 0 aromatic heterocycles. The van der Waals surface area contributed by atoms with Crippen molar-refractivity contribution < 1.29 is 23.9 Å². The third-order valence-corrected chi connectivity index (χ3v) is 3.22. The molecule has 0 aliphatic heterocycles. The van der Waals surface area contributed by atoms with Crippen molar-refractivity contribution in [1.29, 1.82) is 0 Å². The lowest BCUT2D eigenvalue weighted by Gasteiger charge is -2.26. The smallest absolute Gasteiger partial charge is 0.330 e. The number of hydrogen-bond acceptors (Lipinski definition) is 5. The Morgan fingerprint density at radius 2 is 1.71 bits per heavy atom. The largest absolute Gasteiger partial charge is 0.464 e. The molecule has 1 unspecified atom stereocenters. The van der Waals surface area contributed by atoms with E-state index in [-0.39, 0.29) is 25.7 Å². The minimum absolute atomic E-state index is 0.0898. The van der Waals surface area contributed by atoms with Gasteiger partial charge in [-0.1, -0.05) is 24.3 Å². The molecule has 24 heavy (non-hydrogen) atoms. The second-order valence-corrected chi connectivity index (χ2v) is 4.91. The molecule has 6 heteroatoms. The zero-order chi connectivity index (χ0) is 17.9. The molecule has 6 nitrogen and oxygen atoms in total. The summed E-state index contributed by atoms with van der Waals surface area (Å²) in [4.78, 5) is 37.4. The van der Waals surface area contributed by atoms with Crippen LogP contribution in [-0.4, -0.2) is 48.5 Å². The van der Waals surface area contributed by atoms with E-state index in [0.717, 1.165) is 0 Å². The van der Waals surface area contributed by atoms with Gasteiger partial charge in [0.1, 0.15) is 6.04 Å². The molecular formula is C18H23NO5. The first-order valence-corrected chi connectivity index (χ1v) is 7.87. The Morgan fingerprint density at radius 1 is 1.08 bits per heavy atom. The Hall–Kier alpha value is -2.63. The van der Waals surface area contributed by atoms with Crippen LogP contribution < -0.4 is 0 Å². The second kappa shape index (κ2) is 10.2. The van der Waals surface area contributed by atoms with Crippen LogP contribution in [-0.2, 0) is 19.1 Å². The van der Waals surface area contributed by atoms with E-state index in [9.17, 15) is 14.4 Å². The van der Waals surface area contributed by atoms with Gasteiger partial charge in [0.15, 0.2) is 0 Å². The van der Waals surface area contributed by atoms with Crippen LogP contribution >= 0.6 is 0 Å². The number of hydrogen-bond donors (Lipinski definition) is 0. The summed E-state index contributed by atoms with van der Waals surface area (Å²) in [6.07, 6.45) is 2.74. The standard InChI is InChI=1S/C18H23NO5/c1-4-23-16(20)12-9-13-19(14(3)18(22)24-5-2)17(21)15-10-7-6-8-11-15/h6-12,14H,4-5,13H2,1-3H3/b12-9+. The Labute approximate surface area is 142 Å². The van der Waals surface area contributed by atoms with E-state index in [4.69, 9.17) is 9.47 Å². The molecule has 0 bridgehead atoms. The van der Waals surface area contributed by atoms with Crippen LogP contribution in [0.2, 0.25) is 0 Å². The molecule has 1 aromatic rings. The predicted octanol–water partition coefficient (Wildman–Crippen LogP) is 2.20. The molecule has 0 aliphatic carbocycles. The maximum atomic E-state index is 12.7. The van der Waals surface area contributed by atoms with Crippen molar-refractivity contribution in [3.63, 3.8) is 0 Å². The lowest BCUT2D eigenvalue weighted by Crippen LogP contribution is -2.44. The zero-order valence-electron chi connectivity index (χ0n) is 14.2. The quantitative estimate of drug-likeness (QED) is 0.539. The Balaban J connectivity index is 2.92. The van der Waals surface area contributed by atoms with Gasteiger partial charge < -0.3 is 14.4 Å². The molecule has 0 N–H and O–H groups in total. The van der Waals surface area contributed by atoms with E-state index in [1.165, 1.54) is 17.1 Å². The van der Waals surface area contributed by atoms with Gasteiger partial charge in [0.2, 0.25) is 0 Å². The summed E-state index contributed by atoms with van der Waals surface area (Å²) in [6.45, 7) is 5.60. The van der Waals surface area contributed by atoms with Crippen molar-refractivity contribution in [2.45, 2.75) is 26.8 Å². The van der Waals surface area contributed by atoms with E-state index in [1.54, 1.807) is 51.1 Å². The average molecular weight is 333 g/mol. The maximum Gasteiger partial charge on any atom is 0.330 e. The molecule has 1 atom stereocenters. The molecule has 130 valence electrons. The van der Waals surface area contributed by atoms with Gasteiger partial charge in [0.05, 0.1) is 13.2 Å². The molecule has 0 spiro atoms. The molecule has 0 heterocycles. The highest BCUT2D eigenvalue weighted by atomic mass is 16.5. The maximum absolute atomic E-state index is 12.7. The van der Waals surface area contributed by atoms with Crippen molar-refractivity contribution in [3.8, 4) is 0 Å². The molecule has 0 radical (unpaired) electrons. The molecule has 0 saturated carbocycles. The Morgan fingerprint density at radius 3 is 2.29 bits per heavy atom. The number of esters is 2. The third-order valence-electron chi connectivity index (χ3n) is 3.22. The third kappa shape index (κ3) is 5.87. The first kappa shape index (κ1) is 19.4. The van der Waals surface area contributed by atoms with Crippen molar-refractivity contribution in [2.24, 2.45) is 0 Å². The number of ether oxygens (including phenoxy) is 2. The van der Waals surface area contributed by atoms with Gasteiger partial charge in [0.25, 0.3) is 5.91 Å². The highest BCUT2D eigenvalue weighted by Crippen LogP contribution is 2.10. The molecule has 0 aliphatic rings. The molecule has 0 fully saturated rings. The van der Waals surface area contributed by atoms with Gasteiger partial charge >= 0.3 is 11.9 Å². The second-order valence-electron chi connectivity index (χ2n) is 4.91. The number of carbonyl (C=O) groups is 3. The minimum Gasteiger partial charge on any atom is -0.464 e. The van der Waals surface area contributed by atoms with Gasteiger partial charge in [-0.25, -0.2) is 9.59 Å². The summed E-state index contributed by atoms with van der Waals surface area (Å²) in [6, 6.07) is 7.86. The molecule has 0 saturated heterocycles. The number of benzene rings is 1. The predicted molar refractivity (Wildman–Crippen MR) is 89.3 cm³/mol. The topological polar surface area (TPSA) is 72.9 Å². The van der Waals surface area contributed by atoms with E-state index < -0.39 is 18.0 Å². The average Bonchev–Trinajstić information content (AvgIpc) is 2.59. The normalized spacial score (nSPS) is 11.8. The number of amides is 1. The molecule has 1 rings (SSSR count). The number of carbonyl (C=O) groups excluding carboxylic acids is 3. The van der Waals surface area contributed by atoms with Gasteiger partial charge in [0, 0.05) is 18.2 Å². The lowest BCUT2D eigenvalue weighted by molar-refractivity contribution is -0.147. The van der Waals surface area contributed by atoms with Gasteiger partial charge in [-0.3, -0.25) is 4.79 Å². The highest BCUT2D eigenvalue weighted by Gasteiger charge is 2.26. The van der Waals surface area contributed by atoms with E-state index in [1.807, 2.05) is 0 Å². The first-order valence-electron chi connectivity index (χ1n) is 7.87. The van der Waals surface area contributed by atoms with E-state index >= 15 is 0 Å². The van der Waals surface area contributed by atoms with Gasteiger partial charge in [-0.15, -0.1) is 0 Å². The van der Waals surface area contributed by atoms with E-state index in [0.29, 0.717) is 5.56 Å². The van der Waals surface area contributed by atoms with Crippen molar-refractivity contribution in [3.05, 3.63) is 48.0 Å². The summed E-state index contributed by atoms with van der Waals surface area (Å²) in [7, 11) is 0. The van der Waals surface area contributed by atoms with Crippen LogP contribution in [0, 0.1) is 0 Å². The van der Waals surface area contributed by atoms with Crippen LogP contribution in [0.4, 0.5) is 0 Å². The number of rotatable bonds is 8. The molecule has 1 aromatic carbocycles. The van der Waals surface area contributed by atoms with E-state index in [2.05, 4.69) is 0 Å². The number of nitrogens with zero attached hydrogens (tertiary/aromatic N) is 1. The summed E-state index contributed by atoms with van der Waals surface area (Å²) in [5.41, 5.74) is 0.457. The fourth-order valence-corrected chi connectivity index (χ4v) is 2.01. The summed E-state index contributed by atoms with van der Waals surface area (Å²) in [5, 5.41) is 0. The van der Waals surface area contributed by atoms with Crippen LogP contribution in [0.3, 0.4) is 0 Å². The zero-order valence-corrected chi connectivity index (χ0v) is 14.2. The van der Waals surface area contributed by atoms with Gasteiger partial charge in [-0.2, -0.15) is 0 Å². The fraction of sp³-hybridized carbons (Fsp3) is 0.389. The van der Waals surface area contributed by atoms with Crippen LogP contribution in [0.1, 0.15) is 31.1 Å². The Kier molecular flexibility index (Phi) is 8.25. The molecular weight excluding hydrogens is 310 g/mol. The molecule has 1 amide bonds. The monoisotopic (exact) mass is 333 g/mol. The fourth-order valence-electron chi connectivity index (χ4n) is 2.01. The van der Waals surface area contributed by atoms with Gasteiger partial charge in [-0.05, 0) is 32.9 Å². The van der Waals surface area contributed by atoms with Crippen molar-refractivity contribution in [2.75, 3.05) is 19.8 Å². The first-order chi connectivity index (χ1) is 11.5. The van der Waals surface area contributed by atoms with Crippen LogP contribution in [0.5, 0.6) is 0 Å². The van der Waals surface area contributed by atoms with Crippen LogP contribution in [0.25, 0.3) is 0 Å². The minimum atomic E-state index is -0.774. The Bertz CT molecular complexity index is 582. The summed E-state index contributed by atoms with van der Waals surface area (Å²) in [5.74, 6) is -1.30.